The van der Waals surface area contributed by atoms with Gasteiger partial charge in [-0.25, -0.2) is 4.39 Å². The van der Waals surface area contributed by atoms with Crippen LogP contribution in [0.2, 0.25) is 0 Å². The van der Waals surface area contributed by atoms with Crippen molar-refractivity contribution in [2.75, 3.05) is 6.61 Å². The van der Waals surface area contributed by atoms with Gasteiger partial charge < -0.3 is 4.74 Å². The molecule has 1 heterocycles. The van der Waals surface area contributed by atoms with Crippen molar-refractivity contribution in [2.45, 2.75) is 43.7 Å². The first kappa shape index (κ1) is 14.4. The summed E-state index contributed by atoms with van der Waals surface area (Å²) in [5.74, 6) is 5.97. The number of hydrogen-bond acceptors (Lipinski definition) is 3. The molecule has 3 rings (SSSR count). The van der Waals surface area contributed by atoms with E-state index in [1.54, 1.807) is 0 Å². The van der Waals surface area contributed by atoms with E-state index in [1.165, 1.54) is 18.6 Å². The Morgan fingerprint density at radius 3 is 2.85 bits per heavy atom. The summed E-state index contributed by atoms with van der Waals surface area (Å²) in [6, 6.07) is 4.83. The molecule has 0 amide bonds. The van der Waals surface area contributed by atoms with Crippen LogP contribution in [0.1, 0.15) is 43.7 Å². The number of nitrogens with one attached hydrogen (secondary N) is 1. The van der Waals surface area contributed by atoms with Gasteiger partial charge in [-0.05, 0) is 55.7 Å². The number of benzene rings is 1. The average Bonchev–Trinajstić information content (AvgIpc) is 2.40. The molecule has 1 saturated carbocycles. The minimum absolute atomic E-state index is 0.0337. The van der Waals surface area contributed by atoms with E-state index in [9.17, 15) is 4.39 Å². The number of hydrazine groups is 1. The highest BCUT2D eigenvalue weighted by Crippen LogP contribution is 2.47. The molecule has 2 atom stereocenters. The normalized spacial score (nSPS) is 26.2. The zero-order valence-corrected chi connectivity index (χ0v) is 13.0. The Morgan fingerprint density at radius 2 is 2.25 bits per heavy atom. The first-order chi connectivity index (χ1) is 9.63. The predicted molar refractivity (Wildman–Crippen MR) is 79.4 cm³/mol. The molecule has 1 aromatic rings. The van der Waals surface area contributed by atoms with Crippen molar-refractivity contribution >= 4 is 15.9 Å². The van der Waals surface area contributed by atoms with Crippen LogP contribution in [0.5, 0.6) is 0 Å². The highest BCUT2D eigenvalue weighted by Gasteiger charge is 2.44. The van der Waals surface area contributed by atoms with Crippen LogP contribution in [0.15, 0.2) is 22.7 Å². The fraction of sp³-hybridized carbons (Fsp3) is 0.600. The standard InChI is InChI=1S/C15H20BrFN2O/c16-13-8-11(17)2-3-12(13)14(19-18)10-4-7-20-15(9-10)5-1-6-15/h2-3,8,10,14,19H,1,4-7,9,18H2. The SMILES string of the molecule is NNC(c1ccc(F)cc1Br)C1CCOC2(CCC2)C1. The van der Waals surface area contributed by atoms with Crippen LogP contribution in [-0.2, 0) is 4.74 Å². The second-order valence-electron chi connectivity index (χ2n) is 5.95. The Hall–Kier alpha value is -0.490. The number of halogens is 2. The first-order valence-electron chi connectivity index (χ1n) is 7.19. The zero-order valence-electron chi connectivity index (χ0n) is 11.4. The molecular formula is C15H20BrFN2O. The van der Waals surface area contributed by atoms with Crippen LogP contribution in [0.4, 0.5) is 4.39 Å². The number of nitrogens with two attached hydrogens (primary N) is 1. The third-order valence-electron chi connectivity index (χ3n) is 4.74. The summed E-state index contributed by atoms with van der Waals surface area (Å²) in [4.78, 5) is 0. The first-order valence-corrected chi connectivity index (χ1v) is 7.98. The molecule has 2 fully saturated rings. The van der Waals surface area contributed by atoms with E-state index >= 15 is 0 Å². The summed E-state index contributed by atoms with van der Waals surface area (Å²) in [5, 5.41) is 0. The molecule has 110 valence electrons. The van der Waals surface area contributed by atoms with Gasteiger partial charge in [0.2, 0.25) is 0 Å². The second-order valence-corrected chi connectivity index (χ2v) is 6.80. The van der Waals surface area contributed by atoms with E-state index in [0.29, 0.717) is 5.92 Å². The molecule has 3 nitrogen and oxygen atoms in total. The lowest BCUT2D eigenvalue weighted by molar-refractivity contribution is -0.147. The van der Waals surface area contributed by atoms with Crippen LogP contribution in [-0.4, -0.2) is 12.2 Å². The third-order valence-corrected chi connectivity index (χ3v) is 5.43. The van der Waals surface area contributed by atoms with Crippen molar-refractivity contribution in [1.29, 1.82) is 0 Å². The number of hydrogen-bond donors (Lipinski definition) is 2. The molecule has 2 unspecified atom stereocenters. The summed E-state index contributed by atoms with van der Waals surface area (Å²) < 4.78 is 20.0. The molecular weight excluding hydrogens is 323 g/mol. The Bertz CT molecular complexity index is 493. The molecule has 1 aromatic carbocycles. The summed E-state index contributed by atoms with van der Waals surface area (Å²) in [5.41, 5.74) is 4.04. The van der Waals surface area contributed by atoms with E-state index < -0.39 is 0 Å². The van der Waals surface area contributed by atoms with Crippen molar-refractivity contribution in [3.8, 4) is 0 Å². The number of ether oxygens (including phenoxy) is 1. The van der Waals surface area contributed by atoms with Gasteiger partial charge in [0.25, 0.3) is 0 Å². The van der Waals surface area contributed by atoms with E-state index in [4.69, 9.17) is 10.6 Å². The maximum Gasteiger partial charge on any atom is 0.124 e. The van der Waals surface area contributed by atoms with Gasteiger partial charge in [0, 0.05) is 11.1 Å². The van der Waals surface area contributed by atoms with Crippen molar-refractivity contribution < 1.29 is 9.13 Å². The fourth-order valence-corrected chi connectivity index (χ4v) is 4.10. The van der Waals surface area contributed by atoms with Crippen LogP contribution >= 0.6 is 15.9 Å². The maximum absolute atomic E-state index is 13.2. The smallest absolute Gasteiger partial charge is 0.124 e. The predicted octanol–water partition coefficient (Wildman–Crippen LogP) is 3.44. The van der Waals surface area contributed by atoms with Crippen molar-refractivity contribution in [1.82, 2.24) is 5.43 Å². The van der Waals surface area contributed by atoms with E-state index in [2.05, 4.69) is 21.4 Å². The van der Waals surface area contributed by atoms with Gasteiger partial charge in [-0.15, -0.1) is 0 Å². The topological polar surface area (TPSA) is 47.3 Å². The molecule has 20 heavy (non-hydrogen) atoms. The van der Waals surface area contributed by atoms with Crippen LogP contribution in [0.3, 0.4) is 0 Å². The molecule has 1 aliphatic carbocycles. The van der Waals surface area contributed by atoms with Crippen LogP contribution < -0.4 is 11.3 Å². The average molecular weight is 343 g/mol. The van der Waals surface area contributed by atoms with E-state index in [-0.39, 0.29) is 17.5 Å². The molecule has 1 saturated heterocycles. The Labute approximate surface area is 127 Å². The molecule has 2 aliphatic rings. The summed E-state index contributed by atoms with van der Waals surface area (Å²) in [6.07, 6.45) is 5.59. The molecule has 1 spiro atoms. The fourth-order valence-electron chi connectivity index (χ4n) is 3.50. The van der Waals surface area contributed by atoms with Gasteiger partial charge >= 0.3 is 0 Å². The van der Waals surface area contributed by atoms with Gasteiger partial charge in [-0.2, -0.15) is 0 Å². The minimum atomic E-state index is -0.237. The molecule has 0 bridgehead atoms. The lowest BCUT2D eigenvalue weighted by Gasteiger charge is -2.48. The monoisotopic (exact) mass is 342 g/mol. The maximum atomic E-state index is 13.2. The highest BCUT2D eigenvalue weighted by molar-refractivity contribution is 9.10. The van der Waals surface area contributed by atoms with Crippen molar-refractivity contribution in [3.05, 3.63) is 34.1 Å². The molecule has 3 N–H and O–H groups in total. The number of rotatable bonds is 3. The third kappa shape index (κ3) is 2.64. The molecule has 5 heteroatoms. The molecule has 0 radical (unpaired) electrons. The quantitative estimate of drug-likeness (QED) is 0.653. The van der Waals surface area contributed by atoms with E-state index in [0.717, 1.165) is 42.3 Å². The van der Waals surface area contributed by atoms with Gasteiger partial charge in [0.05, 0.1) is 11.6 Å². The Balaban J connectivity index is 1.81. The van der Waals surface area contributed by atoms with Gasteiger partial charge in [-0.1, -0.05) is 22.0 Å². The lowest BCUT2D eigenvalue weighted by Crippen LogP contribution is -2.48. The Morgan fingerprint density at radius 1 is 1.45 bits per heavy atom. The van der Waals surface area contributed by atoms with Crippen molar-refractivity contribution in [2.24, 2.45) is 11.8 Å². The highest BCUT2D eigenvalue weighted by atomic mass is 79.9. The van der Waals surface area contributed by atoms with Crippen LogP contribution in [0, 0.1) is 11.7 Å². The molecule has 1 aliphatic heterocycles. The van der Waals surface area contributed by atoms with Gasteiger partial charge in [-0.3, -0.25) is 11.3 Å². The second kappa shape index (κ2) is 5.72. The van der Waals surface area contributed by atoms with E-state index in [1.807, 2.05) is 6.07 Å². The van der Waals surface area contributed by atoms with Gasteiger partial charge in [0.15, 0.2) is 0 Å². The minimum Gasteiger partial charge on any atom is -0.375 e. The summed E-state index contributed by atoms with van der Waals surface area (Å²) in [6.45, 7) is 0.793. The summed E-state index contributed by atoms with van der Waals surface area (Å²) in [7, 11) is 0. The van der Waals surface area contributed by atoms with Crippen molar-refractivity contribution in [3.63, 3.8) is 0 Å². The molecule has 0 aromatic heterocycles. The largest absolute Gasteiger partial charge is 0.375 e. The van der Waals surface area contributed by atoms with Crippen LogP contribution in [0.25, 0.3) is 0 Å². The Kier molecular flexibility index (Phi) is 4.13. The lowest BCUT2D eigenvalue weighted by atomic mass is 9.70. The summed E-state index contributed by atoms with van der Waals surface area (Å²) >= 11 is 3.45. The zero-order chi connectivity index (χ0) is 14.2. The van der Waals surface area contributed by atoms with Gasteiger partial charge in [0.1, 0.15) is 5.82 Å².